The zero-order valence-electron chi connectivity index (χ0n) is 19.2. The third kappa shape index (κ3) is 2.93. The predicted octanol–water partition coefficient (Wildman–Crippen LogP) is 4.63. The van der Waals surface area contributed by atoms with E-state index >= 15 is 0 Å². The molecule has 3 aliphatic rings. The summed E-state index contributed by atoms with van der Waals surface area (Å²) < 4.78 is 23.6. The first-order valence-corrected chi connectivity index (χ1v) is 11.4. The number of nitrogens with one attached hydrogen (secondary N) is 1. The van der Waals surface area contributed by atoms with Crippen LogP contribution >= 0.6 is 0 Å². The first kappa shape index (κ1) is 22.9. The molecule has 8 nitrogen and oxygen atoms in total. The molecule has 2 aliphatic heterocycles. The van der Waals surface area contributed by atoms with Gasteiger partial charge < -0.3 is 18.9 Å². The van der Waals surface area contributed by atoms with Crippen molar-refractivity contribution in [1.82, 2.24) is 0 Å². The number of nitrogens with zero attached hydrogens (tertiary/aromatic N) is 3. The van der Waals surface area contributed by atoms with Crippen LogP contribution in [-0.4, -0.2) is 25.4 Å². The number of rotatable bonds is 6. The summed E-state index contributed by atoms with van der Waals surface area (Å²) in [6.07, 6.45) is 2.80. The molecule has 1 N–H and O–H groups in total. The Balaban J connectivity index is 1.89. The van der Waals surface area contributed by atoms with Crippen molar-refractivity contribution < 1.29 is 18.9 Å². The first-order chi connectivity index (χ1) is 15.9. The molecule has 2 saturated heterocycles. The highest BCUT2D eigenvalue weighted by molar-refractivity contribution is 5.89. The zero-order chi connectivity index (χ0) is 23.9. The van der Waals surface area contributed by atoms with E-state index in [0.717, 1.165) is 19.3 Å². The molecule has 0 spiro atoms. The monoisotopic (exact) mass is 448 g/mol. The molecule has 8 heteroatoms. The highest BCUT2D eigenvalue weighted by Gasteiger charge is 2.80. The Kier molecular flexibility index (Phi) is 5.72. The maximum Gasteiger partial charge on any atom is 0.217 e. The van der Waals surface area contributed by atoms with Crippen LogP contribution in [0, 0.1) is 62.1 Å². The molecule has 33 heavy (non-hydrogen) atoms. The first-order valence-electron chi connectivity index (χ1n) is 11.4. The topological polar surface area (TPSA) is 132 Å². The summed E-state index contributed by atoms with van der Waals surface area (Å²) in [5.74, 6) is -0.814. The Labute approximate surface area is 194 Å². The van der Waals surface area contributed by atoms with E-state index in [4.69, 9.17) is 24.4 Å². The summed E-state index contributed by atoms with van der Waals surface area (Å²) in [5, 5.41) is 40.0. The summed E-state index contributed by atoms with van der Waals surface area (Å²) in [6, 6.07) is 11.6. The molecule has 2 bridgehead atoms. The lowest BCUT2D eigenvalue weighted by molar-refractivity contribution is -0.299. The van der Waals surface area contributed by atoms with Crippen LogP contribution in [0.3, 0.4) is 0 Å². The van der Waals surface area contributed by atoms with Crippen molar-refractivity contribution in [2.45, 2.75) is 57.8 Å². The van der Waals surface area contributed by atoms with Crippen LogP contribution in [0.5, 0.6) is 11.5 Å². The molecular formula is C25H28N4O4. The van der Waals surface area contributed by atoms with E-state index in [1.54, 1.807) is 18.2 Å². The second-order valence-electron chi connectivity index (χ2n) is 9.02. The number of methoxy groups -OCH3 is 1. The molecule has 1 aromatic rings. The summed E-state index contributed by atoms with van der Waals surface area (Å²) in [7, 11) is 1.51. The molecule has 172 valence electrons. The van der Waals surface area contributed by atoms with Gasteiger partial charge in [0.05, 0.1) is 37.8 Å². The number of nitriles is 3. The van der Waals surface area contributed by atoms with Gasteiger partial charge in [0.2, 0.25) is 17.1 Å². The summed E-state index contributed by atoms with van der Waals surface area (Å²) in [5.41, 5.74) is -3.18. The average Bonchev–Trinajstić information content (AvgIpc) is 3.03. The predicted molar refractivity (Wildman–Crippen MR) is 117 cm³/mol. The van der Waals surface area contributed by atoms with E-state index in [9.17, 15) is 15.8 Å². The van der Waals surface area contributed by atoms with Gasteiger partial charge in [0, 0.05) is 6.42 Å². The maximum absolute atomic E-state index is 10.5. The van der Waals surface area contributed by atoms with E-state index in [-0.39, 0.29) is 5.90 Å². The number of hydrogen-bond acceptors (Lipinski definition) is 8. The molecule has 5 atom stereocenters. The Hall–Kier alpha value is -3.28. The Morgan fingerprint density at radius 2 is 1.91 bits per heavy atom. The number of hydrogen-bond donors (Lipinski definition) is 1. The number of ether oxygens (including phenoxy) is 4. The molecule has 0 aromatic heterocycles. The Morgan fingerprint density at radius 1 is 1.15 bits per heavy atom. The Bertz CT molecular complexity index is 1070. The third-order valence-electron chi connectivity index (χ3n) is 7.51. The average molecular weight is 449 g/mol. The molecule has 5 unspecified atom stereocenters. The van der Waals surface area contributed by atoms with Crippen LogP contribution in [0.1, 0.15) is 57.6 Å². The van der Waals surface area contributed by atoms with Crippen molar-refractivity contribution in [3.05, 3.63) is 23.8 Å². The minimum absolute atomic E-state index is 0.330. The van der Waals surface area contributed by atoms with Gasteiger partial charge in [-0.15, -0.1) is 0 Å². The molecule has 1 aliphatic carbocycles. The lowest BCUT2D eigenvalue weighted by Gasteiger charge is -2.52. The van der Waals surface area contributed by atoms with Gasteiger partial charge in [-0.2, -0.15) is 15.8 Å². The molecule has 1 saturated carbocycles. The van der Waals surface area contributed by atoms with Gasteiger partial charge >= 0.3 is 0 Å². The minimum Gasteiger partial charge on any atom is -0.493 e. The standard InChI is InChI=1S/C25H28N4O4/c1-4-6-16-9-10-25-20(11-16)24(15-28,22(29)33-25)23(13-26,14-27)21(32-25)17-7-8-18(31-5-2)19(12-17)30-3/h7-8,12,16,20-21,29H,4-6,9-11H2,1-3H3. The highest BCUT2D eigenvalue weighted by Crippen LogP contribution is 2.70. The summed E-state index contributed by atoms with van der Waals surface area (Å²) >= 11 is 0. The molecule has 0 amide bonds. The molecule has 0 radical (unpaired) electrons. The van der Waals surface area contributed by atoms with Crippen molar-refractivity contribution >= 4 is 5.90 Å². The van der Waals surface area contributed by atoms with Crippen molar-refractivity contribution in [3.8, 4) is 29.7 Å². The highest BCUT2D eigenvalue weighted by atomic mass is 16.7. The summed E-state index contributed by atoms with van der Waals surface area (Å²) in [4.78, 5) is 0. The van der Waals surface area contributed by atoms with Crippen LogP contribution < -0.4 is 9.47 Å². The fourth-order valence-corrected chi connectivity index (χ4v) is 6.01. The fourth-order valence-electron chi connectivity index (χ4n) is 6.01. The molecule has 1 aromatic carbocycles. The lowest BCUT2D eigenvalue weighted by atomic mass is 9.50. The van der Waals surface area contributed by atoms with Crippen LogP contribution in [0.15, 0.2) is 18.2 Å². The van der Waals surface area contributed by atoms with Crippen molar-refractivity contribution in [2.24, 2.45) is 22.7 Å². The second kappa shape index (κ2) is 8.25. The van der Waals surface area contributed by atoms with Crippen molar-refractivity contribution in [1.29, 1.82) is 21.2 Å². The molecule has 3 fully saturated rings. The van der Waals surface area contributed by atoms with E-state index in [1.165, 1.54) is 7.11 Å². The van der Waals surface area contributed by atoms with Gasteiger partial charge in [-0.1, -0.05) is 25.8 Å². The normalized spacial score (nSPS) is 33.6. The maximum atomic E-state index is 10.5. The number of benzene rings is 1. The largest absolute Gasteiger partial charge is 0.493 e. The van der Waals surface area contributed by atoms with Crippen LogP contribution in [0.4, 0.5) is 0 Å². The second-order valence-corrected chi connectivity index (χ2v) is 9.02. The summed E-state index contributed by atoms with van der Waals surface area (Å²) in [6.45, 7) is 4.42. The molecule has 2 heterocycles. The zero-order valence-corrected chi connectivity index (χ0v) is 19.2. The SMILES string of the molecule is CCCC1CCC23OC(=N)C(C#N)(C2C1)C(C#N)(C#N)C(c1ccc(OCC)c(OC)c1)O3. The molecule has 4 rings (SSSR count). The van der Waals surface area contributed by atoms with Crippen LogP contribution in [0.25, 0.3) is 0 Å². The quantitative estimate of drug-likeness (QED) is 0.671. The fraction of sp³-hybridized carbons (Fsp3) is 0.600. The van der Waals surface area contributed by atoms with Gasteiger partial charge in [0.1, 0.15) is 6.10 Å². The lowest BCUT2D eigenvalue weighted by Crippen LogP contribution is -2.61. The van der Waals surface area contributed by atoms with Crippen LogP contribution in [-0.2, 0) is 9.47 Å². The van der Waals surface area contributed by atoms with E-state index < -0.39 is 28.6 Å². The van der Waals surface area contributed by atoms with Crippen LogP contribution in [0.2, 0.25) is 0 Å². The van der Waals surface area contributed by atoms with E-state index in [1.807, 2.05) is 6.92 Å². The van der Waals surface area contributed by atoms with Crippen molar-refractivity contribution in [2.75, 3.05) is 13.7 Å². The Morgan fingerprint density at radius 3 is 2.52 bits per heavy atom. The minimum atomic E-state index is -1.96. The van der Waals surface area contributed by atoms with Gasteiger partial charge in [-0.3, -0.25) is 5.41 Å². The van der Waals surface area contributed by atoms with E-state index in [0.29, 0.717) is 42.4 Å². The smallest absolute Gasteiger partial charge is 0.217 e. The van der Waals surface area contributed by atoms with Gasteiger partial charge in [0.15, 0.2) is 16.9 Å². The van der Waals surface area contributed by atoms with Gasteiger partial charge in [-0.25, -0.2) is 0 Å². The van der Waals surface area contributed by atoms with Crippen molar-refractivity contribution in [3.63, 3.8) is 0 Å². The van der Waals surface area contributed by atoms with E-state index in [2.05, 4.69) is 25.1 Å². The third-order valence-corrected chi connectivity index (χ3v) is 7.51. The van der Waals surface area contributed by atoms with Gasteiger partial charge in [-0.05, 0) is 43.4 Å². The van der Waals surface area contributed by atoms with Gasteiger partial charge in [0.25, 0.3) is 0 Å². The molecular weight excluding hydrogens is 420 g/mol.